The molecule has 1 aliphatic heterocycles. The molecule has 0 aliphatic carbocycles. The number of morpholine rings is 1. The highest BCUT2D eigenvalue weighted by Gasteiger charge is 2.28. The fraction of sp³-hybridized carbons (Fsp3) is 0.562. The number of hydrogen-bond donors (Lipinski definition) is 0. The molecule has 1 heterocycles. The van der Waals surface area contributed by atoms with Gasteiger partial charge in [-0.05, 0) is 31.5 Å². The molecule has 0 aromatic heterocycles. The summed E-state index contributed by atoms with van der Waals surface area (Å²) in [6.45, 7) is 3.43. The summed E-state index contributed by atoms with van der Waals surface area (Å²) in [5.41, 5.74) is 1.10. The van der Waals surface area contributed by atoms with Gasteiger partial charge < -0.3 is 14.4 Å². The first-order valence-corrected chi connectivity index (χ1v) is 7.42. The first-order valence-electron chi connectivity index (χ1n) is 7.42. The van der Waals surface area contributed by atoms with Crippen molar-refractivity contribution in [1.82, 2.24) is 4.90 Å². The van der Waals surface area contributed by atoms with E-state index < -0.39 is 12.8 Å². The number of benzene rings is 1. The zero-order valence-corrected chi connectivity index (χ0v) is 13.1. The average Bonchev–Trinajstić information content (AvgIpc) is 2.48. The molecule has 4 nitrogen and oxygen atoms in total. The monoisotopic (exact) mass is 331 g/mol. The van der Waals surface area contributed by atoms with E-state index in [9.17, 15) is 18.0 Å². The van der Waals surface area contributed by atoms with Crippen LogP contribution in [0.1, 0.15) is 29.8 Å². The standard InChI is InChI=1S/C16H20F3NO3/c1-11-8-23-12(2)7-20(11)15(21)14-5-3-13(4-6-14)9-22-10-16(17,18)19/h3-6,11-12H,7-10H2,1-2H3/t11-,12-/m1/s1. The summed E-state index contributed by atoms with van der Waals surface area (Å²) in [5, 5.41) is 0. The van der Waals surface area contributed by atoms with Crippen LogP contribution in [0.3, 0.4) is 0 Å². The van der Waals surface area contributed by atoms with E-state index in [1.54, 1.807) is 29.2 Å². The Morgan fingerprint density at radius 1 is 1.30 bits per heavy atom. The highest BCUT2D eigenvalue weighted by Crippen LogP contribution is 2.18. The van der Waals surface area contributed by atoms with Gasteiger partial charge in [0.25, 0.3) is 5.91 Å². The first-order chi connectivity index (χ1) is 10.8. The lowest BCUT2D eigenvalue weighted by atomic mass is 10.1. The Labute approximate surface area is 133 Å². The molecule has 1 fully saturated rings. The topological polar surface area (TPSA) is 38.8 Å². The second kappa shape index (κ2) is 7.31. The smallest absolute Gasteiger partial charge is 0.375 e. The number of carbonyl (C=O) groups excluding carboxylic acids is 1. The maximum Gasteiger partial charge on any atom is 0.411 e. The molecule has 1 aromatic rings. The van der Waals surface area contributed by atoms with Crippen LogP contribution in [0.4, 0.5) is 13.2 Å². The van der Waals surface area contributed by atoms with Crippen molar-refractivity contribution in [3.8, 4) is 0 Å². The van der Waals surface area contributed by atoms with Crippen molar-refractivity contribution in [2.24, 2.45) is 0 Å². The minimum absolute atomic E-state index is 0.00602. The van der Waals surface area contributed by atoms with Crippen molar-refractivity contribution in [3.05, 3.63) is 35.4 Å². The Morgan fingerprint density at radius 2 is 1.96 bits per heavy atom. The van der Waals surface area contributed by atoms with Crippen LogP contribution in [0.2, 0.25) is 0 Å². The summed E-state index contributed by atoms with van der Waals surface area (Å²) in [6.07, 6.45) is -4.34. The maximum absolute atomic E-state index is 12.5. The van der Waals surface area contributed by atoms with Crippen molar-refractivity contribution in [2.75, 3.05) is 19.8 Å². The molecule has 1 aliphatic rings. The second-order valence-electron chi connectivity index (χ2n) is 5.76. The van der Waals surface area contributed by atoms with Gasteiger partial charge in [-0.25, -0.2) is 0 Å². The highest BCUT2D eigenvalue weighted by molar-refractivity contribution is 5.94. The summed E-state index contributed by atoms with van der Waals surface area (Å²) < 4.78 is 46.1. The van der Waals surface area contributed by atoms with Gasteiger partial charge in [0.15, 0.2) is 0 Å². The molecule has 2 rings (SSSR count). The third kappa shape index (κ3) is 5.21. The Bertz CT molecular complexity index is 530. The lowest BCUT2D eigenvalue weighted by Crippen LogP contribution is -2.50. The fourth-order valence-corrected chi connectivity index (χ4v) is 2.38. The number of nitrogens with zero attached hydrogens (tertiary/aromatic N) is 1. The lowest BCUT2D eigenvalue weighted by Gasteiger charge is -2.36. The van der Waals surface area contributed by atoms with Crippen LogP contribution in [0.15, 0.2) is 24.3 Å². The van der Waals surface area contributed by atoms with Gasteiger partial charge in [-0.3, -0.25) is 4.79 Å². The first kappa shape index (κ1) is 17.7. The van der Waals surface area contributed by atoms with Crippen LogP contribution in [-0.4, -0.2) is 48.9 Å². The van der Waals surface area contributed by atoms with E-state index in [2.05, 4.69) is 4.74 Å². The highest BCUT2D eigenvalue weighted by atomic mass is 19.4. The molecule has 7 heteroatoms. The maximum atomic E-state index is 12.5. The molecule has 0 radical (unpaired) electrons. The number of alkyl halides is 3. The van der Waals surface area contributed by atoms with E-state index >= 15 is 0 Å². The minimum Gasteiger partial charge on any atom is -0.375 e. The molecule has 2 atom stereocenters. The number of amides is 1. The van der Waals surface area contributed by atoms with Crippen LogP contribution in [0, 0.1) is 0 Å². The molecule has 0 saturated carbocycles. The van der Waals surface area contributed by atoms with Gasteiger partial charge in [0, 0.05) is 12.1 Å². The lowest BCUT2D eigenvalue weighted by molar-refractivity contribution is -0.176. The van der Waals surface area contributed by atoms with Crippen LogP contribution < -0.4 is 0 Å². The molecule has 23 heavy (non-hydrogen) atoms. The van der Waals surface area contributed by atoms with Gasteiger partial charge in [0.2, 0.25) is 0 Å². The van der Waals surface area contributed by atoms with Crippen LogP contribution in [0.5, 0.6) is 0 Å². The van der Waals surface area contributed by atoms with E-state index in [4.69, 9.17) is 4.74 Å². The third-order valence-electron chi connectivity index (χ3n) is 3.60. The average molecular weight is 331 g/mol. The Hall–Kier alpha value is -1.60. The minimum atomic E-state index is -4.33. The third-order valence-corrected chi connectivity index (χ3v) is 3.60. The number of carbonyl (C=O) groups is 1. The molecule has 0 spiro atoms. The van der Waals surface area contributed by atoms with E-state index in [-0.39, 0.29) is 24.7 Å². The van der Waals surface area contributed by atoms with Crippen LogP contribution >= 0.6 is 0 Å². The Balaban J connectivity index is 1.94. The number of ether oxygens (including phenoxy) is 2. The van der Waals surface area contributed by atoms with Gasteiger partial charge in [0.05, 0.1) is 25.4 Å². The van der Waals surface area contributed by atoms with Gasteiger partial charge in [0.1, 0.15) is 6.61 Å². The summed E-state index contributed by atoms with van der Waals surface area (Å²) in [4.78, 5) is 14.3. The van der Waals surface area contributed by atoms with Crippen LogP contribution in [-0.2, 0) is 16.1 Å². The normalized spacial score (nSPS) is 22.2. The van der Waals surface area contributed by atoms with Gasteiger partial charge in [-0.1, -0.05) is 12.1 Å². The summed E-state index contributed by atoms with van der Waals surface area (Å²) in [6, 6.07) is 6.44. The van der Waals surface area contributed by atoms with Crippen molar-refractivity contribution >= 4 is 5.91 Å². The number of halogens is 3. The quantitative estimate of drug-likeness (QED) is 0.851. The molecule has 0 unspecified atom stereocenters. The number of rotatable bonds is 4. The largest absolute Gasteiger partial charge is 0.411 e. The predicted octanol–water partition coefficient (Wildman–Crippen LogP) is 3.01. The zero-order valence-electron chi connectivity index (χ0n) is 13.1. The summed E-state index contributed by atoms with van der Waals surface area (Å²) >= 11 is 0. The Kier molecular flexibility index (Phi) is 5.64. The van der Waals surface area contributed by atoms with E-state index in [1.807, 2.05) is 13.8 Å². The molecular weight excluding hydrogens is 311 g/mol. The van der Waals surface area contributed by atoms with Crippen molar-refractivity contribution in [3.63, 3.8) is 0 Å². The molecule has 1 amide bonds. The van der Waals surface area contributed by atoms with Gasteiger partial charge in [-0.2, -0.15) is 13.2 Å². The molecular formula is C16H20F3NO3. The van der Waals surface area contributed by atoms with Crippen molar-refractivity contribution in [1.29, 1.82) is 0 Å². The van der Waals surface area contributed by atoms with Crippen molar-refractivity contribution in [2.45, 2.75) is 38.8 Å². The van der Waals surface area contributed by atoms with Crippen molar-refractivity contribution < 1.29 is 27.4 Å². The molecule has 1 aromatic carbocycles. The van der Waals surface area contributed by atoms with E-state index in [0.717, 1.165) is 0 Å². The SMILES string of the molecule is C[C@@H]1CN(C(=O)c2ccc(COCC(F)(F)F)cc2)[C@H](C)CO1. The molecule has 128 valence electrons. The predicted molar refractivity (Wildman–Crippen MR) is 78.1 cm³/mol. The summed E-state index contributed by atoms with van der Waals surface area (Å²) in [5.74, 6) is -0.101. The molecule has 0 bridgehead atoms. The van der Waals surface area contributed by atoms with Gasteiger partial charge >= 0.3 is 6.18 Å². The summed E-state index contributed by atoms with van der Waals surface area (Å²) in [7, 11) is 0. The number of hydrogen-bond acceptors (Lipinski definition) is 3. The second-order valence-corrected chi connectivity index (χ2v) is 5.76. The fourth-order valence-electron chi connectivity index (χ4n) is 2.38. The molecule has 0 N–H and O–H groups in total. The van der Waals surface area contributed by atoms with E-state index in [0.29, 0.717) is 24.3 Å². The molecule has 1 saturated heterocycles. The van der Waals surface area contributed by atoms with Gasteiger partial charge in [-0.15, -0.1) is 0 Å². The van der Waals surface area contributed by atoms with E-state index in [1.165, 1.54) is 0 Å². The van der Waals surface area contributed by atoms with Crippen LogP contribution in [0.25, 0.3) is 0 Å². The Morgan fingerprint density at radius 3 is 2.57 bits per heavy atom. The zero-order chi connectivity index (χ0) is 17.0.